The zero-order valence-corrected chi connectivity index (χ0v) is 6.80. The van der Waals surface area contributed by atoms with Gasteiger partial charge in [0.05, 0.1) is 13.2 Å². The first-order chi connectivity index (χ1) is 5.99. The second-order valence-corrected chi connectivity index (χ2v) is 1.84. The zero-order chi connectivity index (χ0) is 10.9. The van der Waals surface area contributed by atoms with Crippen LogP contribution < -0.4 is 17.0 Å². The smallest absolute Gasteiger partial charge is 0.324 e. The molecule has 0 bridgehead atoms. The molecule has 0 aliphatic carbocycles. The molecule has 8 heteroatoms. The van der Waals surface area contributed by atoms with Crippen molar-refractivity contribution >= 4 is 11.9 Å². The van der Waals surface area contributed by atoms with Gasteiger partial charge < -0.3 is 21.1 Å². The van der Waals surface area contributed by atoms with Crippen molar-refractivity contribution in [3.63, 3.8) is 0 Å². The Morgan fingerprint density at radius 1 is 1.38 bits per heavy atom. The van der Waals surface area contributed by atoms with E-state index >= 15 is 0 Å². The molecule has 0 spiro atoms. The van der Waals surface area contributed by atoms with Crippen LogP contribution in [0.25, 0.3) is 0 Å². The molecule has 0 amide bonds. The number of carbonyl (C=O) groups is 2. The average Bonchev–Trinajstić information content (AvgIpc) is 2.07. The van der Waals surface area contributed by atoms with E-state index in [2.05, 4.69) is 5.73 Å². The van der Waals surface area contributed by atoms with E-state index in [1.807, 2.05) is 5.43 Å². The second kappa shape index (κ2) is 8.87. The lowest BCUT2D eigenvalue weighted by Gasteiger charge is -2.04. The molecule has 78 valence electrons. The molecule has 0 unspecified atom stereocenters. The molecule has 0 saturated carbocycles. The third kappa shape index (κ3) is 10.8. The van der Waals surface area contributed by atoms with Crippen molar-refractivity contribution < 1.29 is 24.9 Å². The molecule has 0 heterocycles. The van der Waals surface area contributed by atoms with Gasteiger partial charge in [0.2, 0.25) is 0 Å². The summed E-state index contributed by atoms with van der Waals surface area (Å²) in [5.41, 5.74) is 6.47. The maximum atomic E-state index is 9.86. The van der Waals surface area contributed by atoms with E-state index in [4.69, 9.17) is 21.2 Å². The van der Waals surface area contributed by atoms with E-state index in [1.165, 1.54) is 0 Å². The first-order valence-electron chi connectivity index (χ1n) is 3.21. The largest absolute Gasteiger partial charge is 0.480 e. The van der Waals surface area contributed by atoms with Crippen molar-refractivity contribution in [3.05, 3.63) is 0 Å². The summed E-state index contributed by atoms with van der Waals surface area (Å²) in [4.78, 5) is 19.1. The molecular formula is C5H13N3O5. The molecule has 8 nitrogen and oxygen atoms in total. The highest BCUT2D eigenvalue weighted by Gasteiger charge is 2.11. The minimum absolute atomic E-state index is 0.278. The Balaban J connectivity index is 0. The summed E-state index contributed by atoms with van der Waals surface area (Å²) in [6.07, 6.45) is 0. The van der Waals surface area contributed by atoms with Crippen LogP contribution in [0, 0.1) is 0 Å². The molecule has 0 aliphatic heterocycles. The standard InChI is InChI=1S/C3H8N2O3.C2H5NO2/c4-5-2(1-6)3(7)8;3-1-2(4)5/h2,5-6H,1,4H2,(H,7,8);1,3H2,(H,4,5)/t2-;/m0./s1. The predicted octanol–water partition coefficient (Wildman–Crippen LogP) is -3.08. The summed E-state index contributed by atoms with van der Waals surface area (Å²) in [6.45, 7) is -0.772. The maximum Gasteiger partial charge on any atom is 0.324 e. The zero-order valence-electron chi connectivity index (χ0n) is 6.80. The Bertz CT molecular complexity index is 158. The maximum absolute atomic E-state index is 9.86. The highest BCUT2D eigenvalue weighted by Crippen LogP contribution is 1.75. The summed E-state index contributed by atoms with van der Waals surface area (Å²) in [5.74, 6) is 2.57. The molecule has 0 radical (unpaired) electrons. The highest BCUT2D eigenvalue weighted by molar-refractivity contribution is 5.73. The van der Waals surface area contributed by atoms with Crippen LogP contribution in [-0.4, -0.2) is 46.5 Å². The van der Waals surface area contributed by atoms with Crippen LogP contribution in [0.2, 0.25) is 0 Å². The molecule has 13 heavy (non-hydrogen) atoms. The van der Waals surface area contributed by atoms with Crippen molar-refractivity contribution in [3.8, 4) is 0 Å². The number of hydrogen-bond donors (Lipinski definition) is 6. The van der Waals surface area contributed by atoms with Gasteiger partial charge in [0.1, 0.15) is 6.04 Å². The highest BCUT2D eigenvalue weighted by atomic mass is 16.4. The van der Waals surface area contributed by atoms with Crippen molar-refractivity contribution in [2.24, 2.45) is 11.6 Å². The first-order valence-corrected chi connectivity index (χ1v) is 3.21. The first kappa shape index (κ1) is 14.3. The van der Waals surface area contributed by atoms with Crippen LogP contribution in [0.15, 0.2) is 0 Å². The van der Waals surface area contributed by atoms with Gasteiger partial charge in [-0.15, -0.1) is 0 Å². The second-order valence-electron chi connectivity index (χ2n) is 1.84. The van der Waals surface area contributed by atoms with Crippen LogP contribution in [0.1, 0.15) is 0 Å². The Morgan fingerprint density at radius 2 is 1.77 bits per heavy atom. The number of hydrazine groups is 1. The van der Waals surface area contributed by atoms with E-state index in [-0.39, 0.29) is 6.54 Å². The number of aliphatic hydroxyl groups excluding tert-OH is 1. The van der Waals surface area contributed by atoms with Gasteiger partial charge >= 0.3 is 11.9 Å². The number of aliphatic hydroxyl groups is 1. The minimum Gasteiger partial charge on any atom is -0.480 e. The Morgan fingerprint density at radius 3 is 1.77 bits per heavy atom. The van der Waals surface area contributed by atoms with E-state index < -0.39 is 24.6 Å². The number of aliphatic carboxylic acids is 2. The van der Waals surface area contributed by atoms with Gasteiger partial charge in [0, 0.05) is 0 Å². The minimum atomic E-state index is -1.16. The van der Waals surface area contributed by atoms with Crippen LogP contribution in [0.5, 0.6) is 0 Å². The third-order valence-corrected chi connectivity index (χ3v) is 0.856. The van der Waals surface area contributed by atoms with E-state index in [9.17, 15) is 9.59 Å². The fourth-order valence-electron chi connectivity index (χ4n) is 0.202. The van der Waals surface area contributed by atoms with Gasteiger partial charge in [-0.1, -0.05) is 0 Å². The number of nitrogens with two attached hydrogens (primary N) is 2. The van der Waals surface area contributed by atoms with E-state index in [0.717, 1.165) is 0 Å². The molecule has 0 fully saturated rings. The lowest BCUT2D eigenvalue weighted by Crippen LogP contribution is -2.43. The normalized spacial score (nSPS) is 11.0. The van der Waals surface area contributed by atoms with E-state index in [0.29, 0.717) is 0 Å². The summed E-state index contributed by atoms with van der Waals surface area (Å²) in [7, 11) is 0. The van der Waals surface area contributed by atoms with Gasteiger partial charge in [-0.3, -0.25) is 15.4 Å². The molecule has 0 aromatic heterocycles. The monoisotopic (exact) mass is 195 g/mol. The fourth-order valence-corrected chi connectivity index (χ4v) is 0.202. The Labute approximate surface area is 74.1 Å². The van der Waals surface area contributed by atoms with Crippen LogP contribution in [-0.2, 0) is 9.59 Å². The van der Waals surface area contributed by atoms with Crippen molar-refractivity contribution in [1.82, 2.24) is 5.43 Å². The number of rotatable bonds is 4. The van der Waals surface area contributed by atoms with Crippen LogP contribution in [0.4, 0.5) is 0 Å². The Hall–Kier alpha value is -1.22. The topological polar surface area (TPSA) is 159 Å². The molecule has 0 aliphatic rings. The fraction of sp³-hybridized carbons (Fsp3) is 0.600. The third-order valence-electron chi connectivity index (χ3n) is 0.856. The van der Waals surface area contributed by atoms with Gasteiger partial charge in [-0.05, 0) is 0 Å². The number of hydrogen-bond acceptors (Lipinski definition) is 6. The van der Waals surface area contributed by atoms with Crippen molar-refractivity contribution in [1.29, 1.82) is 0 Å². The van der Waals surface area contributed by atoms with Crippen molar-refractivity contribution in [2.75, 3.05) is 13.2 Å². The quantitative estimate of drug-likeness (QED) is 0.203. The lowest BCUT2D eigenvalue weighted by atomic mass is 10.3. The molecule has 0 saturated heterocycles. The van der Waals surface area contributed by atoms with Gasteiger partial charge in [-0.2, -0.15) is 0 Å². The van der Waals surface area contributed by atoms with Crippen LogP contribution in [0.3, 0.4) is 0 Å². The summed E-state index contributed by atoms with van der Waals surface area (Å²) in [6, 6.07) is -1.05. The molecular weight excluding hydrogens is 182 g/mol. The van der Waals surface area contributed by atoms with Gasteiger partial charge in [0.25, 0.3) is 0 Å². The lowest BCUT2D eigenvalue weighted by molar-refractivity contribution is -0.140. The number of nitrogens with one attached hydrogen (secondary N) is 1. The SMILES string of the molecule is NCC(=O)O.NN[C@@H](CO)C(=O)O. The molecule has 1 atom stereocenters. The summed E-state index contributed by atoms with van der Waals surface area (Å²) < 4.78 is 0. The average molecular weight is 195 g/mol. The molecule has 0 aromatic carbocycles. The van der Waals surface area contributed by atoms with Gasteiger partial charge in [0.15, 0.2) is 0 Å². The Kier molecular flexibility index (Phi) is 9.77. The summed E-state index contributed by atoms with van der Waals surface area (Å²) in [5, 5.41) is 23.8. The predicted molar refractivity (Wildman–Crippen MR) is 42.5 cm³/mol. The molecule has 0 aromatic rings. The van der Waals surface area contributed by atoms with Crippen molar-refractivity contribution in [2.45, 2.75) is 6.04 Å². The molecule has 0 rings (SSSR count). The number of carboxylic acids is 2. The van der Waals surface area contributed by atoms with E-state index in [1.54, 1.807) is 0 Å². The van der Waals surface area contributed by atoms with Gasteiger partial charge in [-0.25, -0.2) is 5.43 Å². The number of carboxylic acid groups (broad SMARTS) is 2. The molecule has 8 N–H and O–H groups in total. The van der Waals surface area contributed by atoms with Crippen LogP contribution >= 0.6 is 0 Å². The summed E-state index contributed by atoms with van der Waals surface area (Å²) >= 11 is 0.